The van der Waals surface area contributed by atoms with Gasteiger partial charge in [0.2, 0.25) is 0 Å². The van der Waals surface area contributed by atoms with Gasteiger partial charge >= 0.3 is 0 Å². The fourth-order valence-electron chi connectivity index (χ4n) is 9.53. The molecule has 1 heterocycles. The Bertz CT molecular complexity index is 3140. The minimum Gasteiger partial charge on any atom is -0.310 e. The third-order valence-corrected chi connectivity index (χ3v) is 12.1. The van der Waals surface area contributed by atoms with Crippen LogP contribution >= 0.6 is 0 Å². The van der Waals surface area contributed by atoms with E-state index in [0.717, 1.165) is 11.4 Å². The molecule has 0 saturated carbocycles. The van der Waals surface area contributed by atoms with E-state index in [9.17, 15) is 0 Å². The minimum absolute atomic E-state index is 0.178. The molecule has 0 radical (unpaired) electrons. The van der Waals surface area contributed by atoms with Crippen molar-refractivity contribution in [3.63, 3.8) is 0 Å². The van der Waals surface area contributed by atoms with Crippen LogP contribution in [0.3, 0.4) is 0 Å². The van der Waals surface area contributed by atoms with Crippen molar-refractivity contribution in [3.05, 3.63) is 217 Å². The molecular formula is C55H40N2. The second kappa shape index (κ2) is 13.0. The Morgan fingerprint density at radius 3 is 1.93 bits per heavy atom. The highest BCUT2D eigenvalue weighted by Crippen LogP contribution is 2.54. The molecule has 0 N–H and O–H groups in total. The molecule has 0 aliphatic heterocycles. The predicted octanol–water partition coefficient (Wildman–Crippen LogP) is 15.0. The van der Waals surface area contributed by atoms with Crippen molar-refractivity contribution in [2.75, 3.05) is 4.90 Å². The van der Waals surface area contributed by atoms with E-state index in [-0.39, 0.29) is 5.41 Å². The molecule has 11 rings (SSSR count). The van der Waals surface area contributed by atoms with Crippen LogP contribution in [0.25, 0.3) is 71.6 Å². The third-order valence-electron chi connectivity index (χ3n) is 12.1. The number of rotatable bonds is 6. The average Bonchev–Trinajstić information content (AvgIpc) is 3.72. The summed E-state index contributed by atoms with van der Waals surface area (Å²) < 4.78 is 2.37. The van der Waals surface area contributed by atoms with Gasteiger partial charge in [-0.25, -0.2) is 0 Å². The number of para-hydroxylation sites is 2. The second-order valence-corrected chi connectivity index (χ2v) is 15.7. The fourth-order valence-corrected chi connectivity index (χ4v) is 9.53. The van der Waals surface area contributed by atoms with Gasteiger partial charge in [0.1, 0.15) is 0 Å². The Morgan fingerprint density at radius 2 is 1.05 bits per heavy atom. The molecule has 57 heavy (non-hydrogen) atoms. The molecule has 1 aliphatic carbocycles. The number of fused-ring (bicyclic) bond motifs is 7. The van der Waals surface area contributed by atoms with Crippen LogP contribution in [-0.4, -0.2) is 4.57 Å². The molecule has 0 fully saturated rings. The quantitative estimate of drug-likeness (QED) is 0.165. The van der Waals surface area contributed by atoms with Gasteiger partial charge in [-0.2, -0.15) is 0 Å². The molecule has 270 valence electrons. The summed E-state index contributed by atoms with van der Waals surface area (Å²) in [4.78, 5) is 2.47. The van der Waals surface area contributed by atoms with Gasteiger partial charge in [-0.1, -0.05) is 159 Å². The number of aromatic nitrogens is 1. The van der Waals surface area contributed by atoms with Crippen LogP contribution < -0.4 is 4.90 Å². The van der Waals surface area contributed by atoms with Crippen molar-refractivity contribution in [1.82, 2.24) is 4.57 Å². The lowest BCUT2D eigenvalue weighted by Crippen LogP contribution is -2.20. The molecule has 0 atom stereocenters. The summed E-state index contributed by atoms with van der Waals surface area (Å²) in [6.45, 7) is 4.75. The fraction of sp³-hybridized carbons (Fsp3) is 0.0545. The van der Waals surface area contributed by atoms with Gasteiger partial charge in [0.05, 0.1) is 16.7 Å². The summed E-state index contributed by atoms with van der Waals surface area (Å²) in [6, 6.07) is 75.6. The van der Waals surface area contributed by atoms with Crippen molar-refractivity contribution in [1.29, 1.82) is 0 Å². The normalized spacial score (nSPS) is 12.9. The molecule has 2 nitrogen and oxygen atoms in total. The van der Waals surface area contributed by atoms with Crippen LogP contribution in [0, 0.1) is 0 Å². The molecular weight excluding hydrogens is 689 g/mol. The standard InChI is InChI=1S/C55H40N2/c1-55(2)50-26-10-8-22-46(50)48-25-14-28-53(54(48)55)56(43-20-12-17-40(35-43)45-24-13-16-38-15-6-7-21-44(38)45)42-32-29-37(30-33-42)39-31-34-52-49(36-39)47-23-9-11-27-51(47)57(52)41-18-4-3-5-19-41/h3-36H,1-2H3. The van der Waals surface area contributed by atoms with Crippen molar-refractivity contribution in [3.8, 4) is 39.1 Å². The first-order valence-electron chi connectivity index (χ1n) is 19.9. The van der Waals surface area contributed by atoms with Crippen LogP contribution in [0.4, 0.5) is 17.1 Å². The maximum atomic E-state index is 2.47. The van der Waals surface area contributed by atoms with Crippen LogP contribution in [0.1, 0.15) is 25.0 Å². The molecule has 0 unspecified atom stereocenters. The number of benzene rings is 9. The molecule has 1 aromatic heterocycles. The first-order valence-corrected chi connectivity index (χ1v) is 19.9. The Labute approximate surface area is 333 Å². The Balaban J connectivity index is 1.07. The van der Waals surface area contributed by atoms with Gasteiger partial charge in [-0.15, -0.1) is 0 Å². The van der Waals surface area contributed by atoms with E-state index >= 15 is 0 Å². The lowest BCUT2D eigenvalue weighted by Gasteiger charge is -2.32. The number of hydrogen-bond acceptors (Lipinski definition) is 1. The summed E-state index contributed by atoms with van der Waals surface area (Å²) in [6.07, 6.45) is 0. The van der Waals surface area contributed by atoms with E-state index in [1.165, 1.54) is 88.5 Å². The summed E-state index contributed by atoms with van der Waals surface area (Å²) in [5, 5.41) is 5.02. The van der Waals surface area contributed by atoms with Crippen LogP contribution in [0.5, 0.6) is 0 Å². The van der Waals surface area contributed by atoms with Crippen molar-refractivity contribution in [2.24, 2.45) is 0 Å². The monoisotopic (exact) mass is 728 g/mol. The zero-order valence-corrected chi connectivity index (χ0v) is 32.0. The van der Waals surface area contributed by atoms with Gasteiger partial charge in [-0.3, -0.25) is 0 Å². The Morgan fingerprint density at radius 1 is 0.404 bits per heavy atom. The first-order chi connectivity index (χ1) is 28.0. The number of anilines is 3. The molecule has 0 saturated heterocycles. The largest absolute Gasteiger partial charge is 0.310 e. The van der Waals surface area contributed by atoms with Gasteiger partial charge < -0.3 is 9.47 Å². The summed E-state index contributed by atoms with van der Waals surface area (Å²) in [5.41, 5.74) is 17.0. The zero-order chi connectivity index (χ0) is 38.1. The molecule has 1 aliphatic rings. The van der Waals surface area contributed by atoms with E-state index in [0.29, 0.717) is 0 Å². The van der Waals surface area contributed by atoms with Crippen LogP contribution in [0.2, 0.25) is 0 Å². The minimum atomic E-state index is -0.178. The average molecular weight is 729 g/mol. The second-order valence-electron chi connectivity index (χ2n) is 15.7. The highest BCUT2D eigenvalue weighted by molar-refractivity contribution is 6.10. The lowest BCUT2D eigenvalue weighted by molar-refractivity contribution is 0.661. The lowest BCUT2D eigenvalue weighted by atomic mass is 9.81. The SMILES string of the molecule is CC1(C)c2ccccc2-c2cccc(N(c3ccc(-c4ccc5c(c4)c4ccccc4n5-c4ccccc4)cc3)c3cccc(-c4cccc5ccccc45)c3)c21. The maximum Gasteiger partial charge on any atom is 0.0541 e. The van der Waals surface area contributed by atoms with Gasteiger partial charge in [-0.05, 0) is 116 Å². The summed E-state index contributed by atoms with van der Waals surface area (Å²) in [7, 11) is 0. The van der Waals surface area contributed by atoms with Crippen molar-refractivity contribution < 1.29 is 0 Å². The molecule has 10 aromatic rings. The highest BCUT2D eigenvalue weighted by atomic mass is 15.1. The van der Waals surface area contributed by atoms with E-state index in [1.807, 2.05) is 0 Å². The van der Waals surface area contributed by atoms with E-state index in [1.54, 1.807) is 0 Å². The van der Waals surface area contributed by atoms with Crippen LogP contribution in [0.15, 0.2) is 206 Å². The molecule has 0 spiro atoms. The molecule has 0 bridgehead atoms. The van der Waals surface area contributed by atoms with E-state index in [2.05, 4.69) is 230 Å². The molecule has 2 heteroatoms. The Kier molecular flexibility index (Phi) is 7.55. The zero-order valence-electron chi connectivity index (χ0n) is 32.0. The van der Waals surface area contributed by atoms with Crippen molar-refractivity contribution >= 4 is 49.6 Å². The Hall–Kier alpha value is -7.16. The smallest absolute Gasteiger partial charge is 0.0541 e. The maximum absolute atomic E-state index is 2.47. The van der Waals surface area contributed by atoms with E-state index < -0.39 is 0 Å². The van der Waals surface area contributed by atoms with E-state index in [4.69, 9.17) is 0 Å². The van der Waals surface area contributed by atoms with Gasteiger partial charge in [0.25, 0.3) is 0 Å². The van der Waals surface area contributed by atoms with Gasteiger partial charge in [0.15, 0.2) is 0 Å². The topological polar surface area (TPSA) is 8.17 Å². The predicted molar refractivity (Wildman–Crippen MR) is 241 cm³/mol. The molecule has 0 amide bonds. The number of nitrogens with zero attached hydrogens (tertiary/aromatic N) is 2. The van der Waals surface area contributed by atoms with Gasteiger partial charge in [0, 0.05) is 33.2 Å². The third kappa shape index (κ3) is 5.25. The number of hydrogen-bond donors (Lipinski definition) is 0. The van der Waals surface area contributed by atoms with Crippen molar-refractivity contribution in [2.45, 2.75) is 19.3 Å². The summed E-state index contributed by atoms with van der Waals surface area (Å²) >= 11 is 0. The summed E-state index contributed by atoms with van der Waals surface area (Å²) in [5.74, 6) is 0. The van der Waals surface area contributed by atoms with Crippen LogP contribution in [-0.2, 0) is 5.41 Å². The molecule has 9 aromatic carbocycles. The first kappa shape index (κ1) is 33.2. The highest BCUT2D eigenvalue weighted by Gasteiger charge is 2.38.